The number of nitrogens with zero attached hydrogens (tertiary/aromatic N) is 4. The minimum atomic E-state index is 0.246. The van der Waals surface area contributed by atoms with Gasteiger partial charge in [0.05, 0.1) is 13.1 Å². The van der Waals surface area contributed by atoms with Crippen molar-refractivity contribution < 1.29 is 4.79 Å². The molecule has 6 heteroatoms. The summed E-state index contributed by atoms with van der Waals surface area (Å²) in [6, 6.07) is 0.408. The van der Waals surface area contributed by atoms with Crippen molar-refractivity contribution in [1.82, 2.24) is 14.7 Å². The predicted molar refractivity (Wildman–Crippen MR) is 85.3 cm³/mol. The summed E-state index contributed by atoms with van der Waals surface area (Å²) in [5, 5.41) is 1.77. The Morgan fingerprint density at radius 2 is 2.05 bits per heavy atom. The number of rotatable bonds is 3. The lowest BCUT2D eigenvalue weighted by atomic mass is 10.3. The average Bonchev–Trinajstić information content (AvgIpc) is 2.85. The number of piperazine rings is 1. The fraction of sp³-hybridized carbons (Fsp3) is 0.857. The zero-order valence-corrected chi connectivity index (χ0v) is 13.8. The van der Waals surface area contributed by atoms with E-state index in [4.69, 9.17) is 0 Å². The Hall–Kier alpha value is -0.750. The van der Waals surface area contributed by atoms with E-state index in [1.807, 2.05) is 23.7 Å². The maximum Gasteiger partial charge on any atom is 0.236 e. The summed E-state index contributed by atoms with van der Waals surface area (Å²) in [5.41, 5.74) is 0. The van der Waals surface area contributed by atoms with Gasteiger partial charge in [-0.2, -0.15) is 0 Å². The van der Waals surface area contributed by atoms with Crippen LogP contribution < -0.4 is 0 Å². The van der Waals surface area contributed by atoms with Gasteiger partial charge >= 0.3 is 0 Å². The molecule has 0 bridgehead atoms. The van der Waals surface area contributed by atoms with Crippen LogP contribution in [0.4, 0.5) is 0 Å². The van der Waals surface area contributed by atoms with Crippen molar-refractivity contribution in [1.29, 1.82) is 0 Å². The van der Waals surface area contributed by atoms with Crippen LogP contribution in [0.2, 0.25) is 0 Å². The Morgan fingerprint density at radius 3 is 2.55 bits per heavy atom. The molecule has 2 rings (SSSR count). The Bertz CT molecular complexity index is 377. The van der Waals surface area contributed by atoms with E-state index >= 15 is 0 Å². The minimum absolute atomic E-state index is 0.246. The van der Waals surface area contributed by atoms with E-state index in [2.05, 4.69) is 35.6 Å². The summed E-state index contributed by atoms with van der Waals surface area (Å²) in [4.78, 5) is 23.2. The quantitative estimate of drug-likeness (QED) is 0.778. The first-order valence-corrected chi connectivity index (χ1v) is 8.29. The van der Waals surface area contributed by atoms with Gasteiger partial charge < -0.3 is 9.80 Å². The number of hydrogen-bond acceptors (Lipinski definition) is 5. The Kier molecular flexibility index (Phi) is 5.32. The van der Waals surface area contributed by atoms with Gasteiger partial charge in [0.15, 0.2) is 5.17 Å². The third-order valence-corrected chi connectivity index (χ3v) is 5.11. The van der Waals surface area contributed by atoms with Gasteiger partial charge in [-0.15, -0.1) is 0 Å². The number of carbonyl (C=O) groups excluding carboxylic acids is 1. The zero-order chi connectivity index (χ0) is 14.7. The number of hydrogen-bond donors (Lipinski definition) is 0. The number of amidine groups is 1. The van der Waals surface area contributed by atoms with Crippen molar-refractivity contribution in [2.75, 3.05) is 46.3 Å². The highest BCUT2D eigenvalue weighted by molar-refractivity contribution is 8.14. The molecular weight excluding hydrogens is 272 g/mol. The monoisotopic (exact) mass is 298 g/mol. The lowest BCUT2D eigenvalue weighted by Gasteiger charge is -2.36. The third kappa shape index (κ3) is 3.88. The number of carbonyl (C=O) groups is 1. The molecule has 0 aromatic heterocycles. The first-order valence-electron chi connectivity index (χ1n) is 7.41. The lowest BCUT2D eigenvalue weighted by Crippen LogP contribution is -2.52. The van der Waals surface area contributed by atoms with Crippen molar-refractivity contribution >= 4 is 22.8 Å². The zero-order valence-electron chi connectivity index (χ0n) is 13.0. The predicted octanol–water partition coefficient (Wildman–Crippen LogP) is 0.962. The standard InChI is InChI=1S/C14H26N4OS/c1-11(2)16(4)10-13(19)17-5-7-18(8-6-17)14-15-9-12(3)20-14/h11-12H,5-10H2,1-4H3. The van der Waals surface area contributed by atoms with Gasteiger partial charge in [-0.1, -0.05) is 18.7 Å². The number of amides is 1. The molecule has 0 aliphatic carbocycles. The summed E-state index contributed by atoms with van der Waals surface area (Å²) in [5.74, 6) is 0.246. The molecular formula is C14H26N4OS. The van der Waals surface area contributed by atoms with Crippen LogP contribution in [-0.4, -0.2) is 83.4 Å². The minimum Gasteiger partial charge on any atom is -0.348 e. The van der Waals surface area contributed by atoms with Crippen LogP contribution in [0, 0.1) is 0 Å². The van der Waals surface area contributed by atoms with Gasteiger partial charge in [-0.3, -0.25) is 14.7 Å². The van der Waals surface area contributed by atoms with E-state index in [0.29, 0.717) is 17.8 Å². The fourth-order valence-corrected chi connectivity index (χ4v) is 3.27. The summed E-state index contributed by atoms with van der Waals surface area (Å²) < 4.78 is 0. The highest BCUT2D eigenvalue weighted by atomic mass is 32.2. The van der Waals surface area contributed by atoms with Gasteiger partial charge in [0, 0.05) is 37.5 Å². The summed E-state index contributed by atoms with van der Waals surface area (Å²) in [6.07, 6.45) is 0. The number of aliphatic imine (C=N–C) groups is 1. The normalized spacial score (nSPS) is 23.7. The summed E-state index contributed by atoms with van der Waals surface area (Å²) in [7, 11) is 2.00. The molecule has 0 aromatic carbocycles. The van der Waals surface area contributed by atoms with Crippen molar-refractivity contribution in [2.24, 2.45) is 4.99 Å². The fourth-order valence-electron chi connectivity index (χ4n) is 2.28. The van der Waals surface area contributed by atoms with E-state index in [-0.39, 0.29) is 5.91 Å². The van der Waals surface area contributed by atoms with Crippen LogP contribution >= 0.6 is 11.8 Å². The van der Waals surface area contributed by atoms with E-state index in [1.54, 1.807) is 0 Å². The van der Waals surface area contributed by atoms with Crippen LogP contribution in [0.5, 0.6) is 0 Å². The van der Waals surface area contributed by atoms with Crippen molar-refractivity contribution in [3.05, 3.63) is 0 Å². The molecule has 1 fully saturated rings. The molecule has 0 N–H and O–H groups in total. The summed E-state index contributed by atoms with van der Waals surface area (Å²) in [6.45, 7) is 11.3. The SMILES string of the molecule is CC1CN=C(N2CCN(C(=O)CN(C)C(C)C)CC2)S1. The Morgan fingerprint density at radius 1 is 1.40 bits per heavy atom. The van der Waals surface area contributed by atoms with Crippen LogP contribution in [-0.2, 0) is 4.79 Å². The molecule has 1 atom stereocenters. The van der Waals surface area contributed by atoms with Crippen LogP contribution in [0.1, 0.15) is 20.8 Å². The molecule has 2 aliphatic heterocycles. The Labute approximate surface area is 126 Å². The average molecular weight is 298 g/mol. The van der Waals surface area contributed by atoms with Crippen molar-refractivity contribution in [2.45, 2.75) is 32.1 Å². The second kappa shape index (κ2) is 6.80. The molecule has 1 saturated heterocycles. The number of likely N-dealkylation sites (N-methyl/N-ethyl adjacent to an activating group) is 1. The van der Waals surface area contributed by atoms with E-state index < -0.39 is 0 Å². The van der Waals surface area contributed by atoms with Crippen LogP contribution in [0.15, 0.2) is 4.99 Å². The second-order valence-corrected chi connectivity index (χ2v) is 7.33. The highest BCUT2D eigenvalue weighted by Gasteiger charge is 2.26. The lowest BCUT2D eigenvalue weighted by molar-refractivity contribution is -0.133. The third-order valence-electron chi connectivity index (χ3n) is 3.96. The summed E-state index contributed by atoms with van der Waals surface area (Å²) >= 11 is 1.86. The molecule has 1 amide bonds. The van der Waals surface area contributed by atoms with E-state index in [9.17, 15) is 4.79 Å². The van der Waals surface area contributed by atoms with Crippen molar-refractivity contribution in [3.63, 3.8) is 0 Å². The van der Waals surface area contributed by atoms with E-state index in [0.717, 1.165) is 32.7 Å². The molecule has 0 radical (unpaired) electrons. The van der Waals surface area contributed by atoms with Crippen LogP contribution in [0.25, 0.3) is 0 Å². The molecule has 114 valence electrons. The van der Waals surface area contributed by atoms with Crippen molar-refractivity contribution in [3.8, 4) is 0 Å². The van der Waals surface area contributed by atoms with Gasteiger partial charge in [-0.05, 0) is 20.9 Å². The number of thioether (sulfide) groups is 1. The molecule has 20 heavy (non-hydrogen) atoms. The molecule has 0 aromatic rings. The highest BCUT2D eigenvalue weighted by Crippen LogP contribution is 2.23. The second-order valence-electron chi connectivity index (χ2n) is 5.93. The van der Waals surface area contributed by atoms with Gasteiger partial charge in [0.2, 0.25) is 5.91 Å². The first-order chi connectivity index (χ1) is 9.47. The Balaban J connectivity index is 1.78. The topological polar surface area (TPSA) is 39.1 Å². The first kappa shape index (κ1) is 15.6. The molecule has 5 nitrogen and oxygen atoms in total. The molecule has 2 aliphatic rings. The van der Waals surface area contributed by atoms with Crippen LogP contribution in [0.3, 0.4) is 0 Å². The van der Waals surface area contributed by atoms with Gasteiger partial charge in [0.1, 0.15) is 0 Å². The van der Waals surface area contributed by atoms with Gasteiger partial charge in [-0.25, -0.2) is 0 Å². The maximum absolute atomic E-state index is 12.2. The molecule has 2 heterocycles. The van der Waals surface area contributed by atoms with E-state index in [1.165, 1.54) is 5.17 Å². The largest absolute Gasteiger partial charge is 0.348 e. The molecule has 1 unspecified atom stereocenters. The molecule has 0 saturated carbocycles. The maximum atomic E-state index is 12.2. The van der Waals surface area contributed by atoms with Gasteiger partial charge in [0.25, 0.3) is 0 Å². The smallest absolute Gasteiger partial charge is 0.236 e. The molecule has 0 spiro atoms.